The minimum atomic E-state index is -0.445. The number of ketones is 1. The second-order valence-electron chi connectivity index (χ2n) is 3.78. The van der Waals surface area contributed by atoms with Crippen LogP contribution < -0.4 is 4.74 Å². The second-order valence-corrected chi connectivity index (χ2v) is 5.10. The Kier molecular flexibility index (Phi) is 4.07. The van der Waals surface area contributed by atoms with Crippen LogP contribution in [-0.2, 0) is 9.53 Å². The van der Waals surface area contributed by atoms with Gasteiger partial charge in [-0.15, -0.1) is 0 Å². The number of carbonyl (C=O) groups excluding carboxylic acids is 1. The van der Waals surface area contributed by atoms with Crippen molar-refractivity contribution in [1.29, 1.82) is 0 Å². The number of halogens is 2. The number of carbonyl (C=O) groups is 1. The third-order valence-electron chi connectivity index (χ3n) is 2.58. The molecule has 1 aromatic rings. The molecule has 1 aromatic carbocycles. The van der Waals surface area contributed by atoms with E-state index in [0.717, 1.165) is 4.47 Å². The summed E-state index contributed by atoms with van der Waals surface area (Å²) in [6, 6.07) is 5.38. The molecule has 0 amide bonds. The Balaban J connectivity index is 2.04. The molecule has 0 bridgehead atoms. The van der Waals surface area contributed by atoms with Crippen molar-refractivity contribution in [3.8, 4) is 5.75 Å². The van der Waals surface area contributed by atoms with Crippen molar-refractivity contribution in [1.82, 2.24) is 0 Å². The highest BCUT2D eigenvalue weighted by Gasteiger charge is 2.42. The molecule has 0 radical (unpaired) electrons. The molecule has 1 fully saturated rings. The van der Waals surface area contributed by atoms with Crippen LogP contribution in [0.25, 0.3) is 0 Å². The molecule has 0 aromatic heterocycles. The van der Waals surface area contributed by atoms with Crippen LogP contribution in [0.5, 0.6) is 5.75 Å². The van der Waals surface area contributed by atoms with Gasteiger partial charge in [-0.1, -0.05) is 27.5 Å². The van der Waals surface area contributed by atoms with Gasteiger partial charge in [-0.3, -0.25) is 4.79 Å². The van der Waals surface area contributed by atoms with Crippen LogP contribution >= 0.6 is 27.5 Å². The molecule has 1 saturated carbocycles. The Hall–Kier alpha value is -0.580. The van der Waals surface area contributed by atoms with Crippen LogP contribution in [0.4, 0.5) is 0 Å². The third kappa shape index (κ3) is 2.81. The predicted octanol–water partition coefficient (Wildman–Crippen LogP) is 3.23. The van der Waals surface area contributed by atoms with Crippen LogP contribution in [0.15, 0.2) is 22.7 Å². The van der Waals surface area contributed by atoms with Gasteiger partial charge >= 0.3 is 0 Å². The second kappa shape index (κ2) is 5.38. The van der Waals surface area contributed by atoms with E-state index >= 15 is 0 Å². The van der Waals surface area contributed by atoms with Crippen molar-refractivity contribution in [3.05, 3.63) is 27.7 Å². The minimum absolute atomic E-state index is 0.0880. The van der Waals surface area contributed by atoms with E-state index in [0.29, 0.717) is 23.8 Å². The van der Waals surface area contributed by atoms with E-state index in [-0.39, 0.29) is 11.9 Å². The van der Waals surface area contributed by atoms with Gasteiger partial charge in [-0.2, -0.15) is 0 Å². The molecule has 0 spiro atoms. The van der Waals surface area contributed by atoms with Gasteiger partial charge in [0.1, 0.15) is 11.9 Å². The lowest BCUT2D eigenvalue weighted by Gasteiger charge is -2.34. The molecule has 2 unspecified atom stereocenters. The maximum absolute atomic E-state index is 11.3. The molecule has 0 heterocycles. The van der Waals surface area contributed by atoms with Crippen LogP contribution in [0.2, 0.25) is 5.02 Å². The van der Waals surface area contributed by atoms with Crippen LogP contribution in [0, 0.1) is 0 Å². The number of rotatable bonds is 4. The zero-order chi connectivity index (χ0) is 12.4. The normalized spacial score (nSPS) is 23.4. The molecule has 17 heavy (non-hydrogen) atoms. The Labute approximate surface area is 113 Å². The van der Waals surface area contributed by atoms with Crippen LogP contribution in [-0.4, -0.2) is 24.6 Å². The van der Waals surface area contributed by atoms with E-state index in [2.05, 4.69) is 15.9 Å². The summed E-state index contributed by atoms with van der Waals surface area (Å²) in [4.78, 5) is 11.3. The monoisotopic (exact) mass is 318 g/mol. The van der Waals surface area contributed by atoms with Crippen LogP contribution in [0.3, 0.4) is 0 Å². The topological polar surface area (TPSA) is 35.5 Å². The number of hydrogen-bond donors (Lipinski definition) is 0. The largest absolute Gasteiger partial charge is 0.485 e. The number of Topliss-reactive ketones (excluding diaryl/α,β-unsaturated/α-hetero) is 1. The number of hydrogen-bond acceptors (Lipinski definition) is 3. The molecular weight excluding hydrogens is 307 g/mol. The number of ether oxygens (including phenoxy) is 2. The Morgan fingerprint density at radius 2 is 2.29 bits per heavy atom. The number of benzene rings is 1. The Morgan fingerprint density at radius 1 is 1.53 bits per heavy atom. The lowest BCUT2D eigenvalue weighted by atomic mass is 9.90. The summed E-state index contributed by atoms with van der Waals surface area (Å²) in [6.45, 7) is 2.36. The van der Waals surface area contributed by atoms with E-state index < -0.39 is 6.10 Å². The quantitative estimate of drug-likeness (QED) is 0.855. The van der Waals surface area contributed by atoms with E-state index in [9.17, 15) is 4.79 Å². The van der Waals surface area contributed by atoms with Gasteiger partial charge in [0, 0.05) is 17.5 Å². The van der Waals surface area contributed by atoms with E-state index in [1.54, 1.807) is 12.1 Å². The molecule has 1 aliphatic carbocycles. The highest BCUT2D eigenvalue weighted by atomic mass is 79.9. The maximum atomic E-state index is 11.3. The smallest absolute Gasteiger partial charge is 0.169 e. The summed E-state index contributed by atoms with van der Waals surface area (Å²) < 4.78 is 11.9. The van der Waals surface area contributed by atoms with Crippen molar-refractivity contribution in [2.24, 2.45) is 0 Å². The van der Waals surface area contributed by atoms with Gasteiger partial charge in [0.25, 0.3) is 0 Å². The van der Waals surface area contributed by atoms with E-state index in [1.807, 2.05) is 13.0 Å². The Morgan fingerprint density at radius 3 is 2.88 bits per heavy atom. The first-order valence-electron chi connectivity index (χ1n) is 5.38. The summed E-state index contributed by atoms with van der Waals surface area (Å²) >= 11 is 9.36. The summed E-state index contributed by atoms with van der Waals surface area (Å²) in [5.74, 6) is 0.669. The zero-order valence-corrected chi connectivity index (χ0v) is 11.6. The van der Waals surface area contributed by atoms with Gasteiger partial charge in [0.05, 0.1) is 5.02 Å². The molecule has 2 atom stereocenters. The van der Waals surface area contributed by atoms with Gasteiger partial charge in [0.2, 0.25) is 0 Å². The molecule has 2 rings (SSSR count). The summed E-state index contributed by atoms with van der Waals surface area (Å²) in [7, 11) is 0. The molecular formula is C12H12BrClO3. The average molecular weight is 320 g/mol. The molecule has 0 saturated heterocycles. The average Bonchev–Trinajstić information content (AvgIpc) is 2.28. The summed E-state index contributed by atoms with van der Waals surface area (Å²) in [5, 5.41) is 0.522. The maximum Gasteiger partial charge on any atom is 0.169 e. The lowest BCUT2D eigenvalue weighted by Crippen LogP contribution is -2.52. The van der Waals surface area contributed by atoms with Gasteiger partial charge < -0.3 is 9.47 Å². The lowest BCUT2D eigenvalue weighted by molar-refractivity contribution is -0.154. The highest BCUT2D eigenvalue weighted by Crippen LogP contribution is 2.32. The first-order valence-corrected chi connectivity index (χ1v) is 6.55. The summed E-state index contributed by atoms with van der Waals surface area (Å²) in [5.41, 5.74) is 0. The van der Waals surface area contributed by atoms with Gasteiger partial charge in [0.15, 0.2) is 11.9 Å². The standard InChI is InChI=1S/C12H12BrClO3/c1-2-16-12-9(15)6-11(12)17-10-4-3-7(13)5-8(10)14/h3-5,11-12H,2,6H2,1H3. The van der Waals surface area contributed by atoms with Crippen molar-refractivity contribution >= 4 is 33.3 Å². The fourth-order valence-electron chi connectivity index (χ4n) is 1.69. The van der Waals surface area contributed by atoms with E-state index in [1.165, 1.54) is 0 Å². The van der Waals surface area contributed by atoms with Gasteiger partial charge in [-0.05, 0) is 25.1 Å². The fourth-order valence-corrected chi connectivity index (χ4v) is 2.40. The third-order valence-corrected chi connectivity index (χ3v) is 3.36. The first kappa shape index (κ1) is 12.9. The van der Waals surface area contributed by atoms with Gasteiger partial charge in [-0.25, -0.2) is 0 Å². The Bertz CT molecular complexity index is 436. The molecule has 5 heteroatoms. The molecule has 3 nitrogen and oxygen atoms in total. The van der Waals surface area contributed by atoms with Crippen molar-refractivity contribution in [2.75, 3.05) is 6.61 Å². The highest BCUT2D eigenvalue weighted by molar-refractivity contribution is 9.10. The SMILES string of the molecule is CCOC1C(=O)CC1Oc1ccc(Br)cc1Cl. The summed E-state index contributed by atoms with van der Waals surface area (Å²) in [6.07, 6.45) is -0.280. The molecule has 92 valence electrons. The molecule has 0 aliphatic heterocycles. The van der Waals surface area contributed by atoms with Crippen molar-refractivity contribution < 1.29 is 14.3 Å². The fraction of sp³-hybridized carbons (Fsp3) is 0.417. The van der Waals surface area contributed by atoms with Crippen molar-refractivity contribution in [3.63, 3.8) is 0 Å². The first-order chi connectivity index (χ1) is 8.11. The molecule has 1 aliphatic rings. The molecule has 0 N–H and O–H groups in total. The predicted molar refractivity (Wildman–Crippen MR) is 68.6 cm³/mol. The zero-order valence-electron chi connectivity index (χ0n) is 9.28. The minimum Gasteiger partial charge on any atom is -0.485 e. The van der Waals surface area contributed by atoms with Crippen molar-refractivity contribution in [2.45, 2.75) is 25.6 Å². The van der Waals surface area contributed by atoms with Crippen LogP contribution in [0.1, 0.15) is 13.3 Å². The van der Waals surface area contributed by atoms with E-state index in [4.69, 9.17) is 21.1 Å².